The van der Waals surface area contributed by atoms with E-state index >= 15 is 0 Å². The molecule has 1 aromatic carbocycles. The molecule has 4 nitrogen and oxygen atoms in total. The van der Waals surface area contributed by atoms with Crippen LogP contribution in [0.2, 0.25) is 0 Å². The summed E-state index contributed by atoms with van der Waals surface area (Å²) in [6.45, 7) is 2.35. The van der Waals surface area contributed by atoms with Crippen LogP contribution in [0.3, 0.4) is 0 Å². The Morgan fingerprint density at radius 2 is 2.14 bits per heavy atom. The molecule has 3 aromatic rings. The summed E-state index contributed by atoms with van der Waals surface area (Å²) in [5.74, 6) is 0.171. The first-order valence-electron chi connectivity index (χ1n) is 6.79. The Kier molecular flexibility index (Phi) is 3.58. The third-order valence-electron chi connectivity index (χ3n) is 3.27. The molecule has 2 aromatic heterocycles. The number of pyridine rings is 1. The number of hydrogen-bond donors (Lipinski definition) is 1. The molecule has 3 rings (SSSR count). The third kappa shape index (κ3) is 2.60. The van der Waals surface area contributed by atoms with Crippen molar-refractivity contribution in [1.82, 2.24) is 9.38 Å². The number of aryl methyl sites for hydroxylation is 1. The number of hydrogen-bond acceptors (Lipinski definition) is 3. The van der Waals surface area contributed by atoms with Gasteiger partial charge in [-0.3, -0.25) is 0 Å². The van der Waals surface area contributed by atoms with Crippen molar-refractivity contribution in [2.75, 3.05) is 6.54 Å². The maximum absolute atomic E-state index is 13.8. The lowest BCUT2D eigenvalue weighted by molar-refractivity contribution is 0.424. The van der Waals surface area contributed by atoms with Crippen molar-refractivity contribution < 1.29 is 9.13 Å². The highest BCUT2D eigenvalue weighted by Crippen LogP contribution is 2.28. The lowest BCUT2D eigenvalue weighted by atomic mass is 10.2. The van der Waals surface area contributed by atoms with E-state index in [-0.39, 0.29) is 5.75 Å². The first-order valence-corrected chi connectivity index (χ1v) is 6.79. The van der Waals surface area contributed by atoms with Gasteiger partial charge in [0, 0.05) is 12.6 Å². The van der Waals surface area contributed by atoms with E-state index in [4.69, 9.17) is 10.5 Å². The van der Waals surface area contributed by atoms with Crippen LogP contribution in [-0.2, 0) is 6.42 Å². The summed E-state index contributed by atoms with van der Waals surface area (Å²) in [5.41, 5.74) is 8.18. The second-order valence-corrected chi connectivity index (χ2v) is 4.87. The van der Waals surface area contributed by atoms with Gasteiger partial charge in [0.05, 0.1) is 5.69 Å². The summed E-state index contributed by atoms with van der Waals surface area (Å²) in [7, 11) is 0. The minimum atomic E-state index is -0.406. The molecule has 0 bridgehead atoms. The van der Waals surface area contributed by atoms with Crippen molar-refractivity contribution in [2.24, 2.45) is 5.73 Å². The van der Waals surface area contributed by atoms with Crippen molar-refractivity contribution >= 4 is 5.65 Å². The van der Waals surface area contributed by atoms with Crippen LogP contribution in [0.25, 0.3) is 5.65 Å². The molecule has 2 N–H and O–H groups in total. The molecule has 0 saturated carbocycles. The van der Waals surface area contributed by atoms with Gasteiger partial charge in [-0.1, -0.05) is 12.1 Å². The second kappa shape index (κ2) is 5.54. The SMILES string of the molecule is Cc1ccc(F)c(Oc2nc3ccccn3c2CCN)c1. The standard InChI is InChI=1S/C16H16FN3O/c1-11-5-6-12(17)14(10-11)21-16-13(7-8-18)20-9-3-2-4-15(20)19-16/h2-6,9-10H,7-8,18H2,1H3. The fraction of sp³-hybridized carbons (Fsp3) is 0.188. The monoisotopic (exact) mass is 285 g/mol. The summed E-state index contributed by atoms with van der Waals surface area (Å²) in [5, 5.41) is 0. The number of nitrogens with zero attached hydrogens (tertiary/aromatic N) is 2. The van der Waals surface area contributed by atoms with Crippen LogP contribution >= 0.6 is 0 Å². The quantitative estimate of drug-likeness (QED) is 0.801. The van der Waals surface area contributed by atoms with Crippen LogP contribution in [0.1, 0.15) is 11.3 Å². The number of rotatable bonds is 4. The maximum Gasteiger partial charge on any atom is 0.241 e. The summed E-state index contributed by atoms with van der Waals surface area (Å²) in [4.78, 5) is 4.42. The van der Waals surface area contributed by atoms with Gasteiger partial charge in [-0.05, 0) is 43.3 Å². The average Bonchev–Trinajstić information content (AvgIpc) is 2.81. The Labute approximate surface area is 122 Å². The van der Waals surface area contributed by atoms with Crippen molar-refractivity contribution in [2.45, 2.75) is 13.3 Å². The fourth-order valence-electron chi connectivity index (χ4n) is 2.26. The predicted octanol–water partition coefficient (Wildman–Crippen LogP) is 3.08. The third-order valence-corrected chi connectivity index (χ3v) is 3.27. The molecule has 0 aliphatic rings. The maximum atomic E-state index is 13.8. The topological polar surface area (TPSA) is 52.5 Å². The van der Waals surface area contributed by atoms with Gasteiger partial charge in [0.2, 0.25) is 5.88 Å². The van der Waals surface area contributed by atoms with Crippen LogP contribution < -0.4 is 10.5 Å². The van der Waals surface area contributed by atoms with Gasteiger partial charge in [-0.2, -0.15) is 4.98 Å². The number of aromatic nitrogens is 2. The van der Waals surface area contributed by atoms with Crippen molar-refractivity contribution in [3.8, 4) is 11.6 Å². The Bertz CT molecular complexity index is 782. The normalized spacial score (nSPS) is 11.0. The zero-order valence-electron chi connectivity index (χ0n) is 11.7. The highest BCUT2D eigenvalue weighted by Gasteiger charge is 2.15. The second-order valence-electron chi connectivity index (χ2n) is 4.87. The van der Waals surface area contributed by atoms with E-state index in [1.165, 1.54) is 6.07 Å². The van der Waals surface area contributed by atoms with E-state index < -0.39 is 5.82 Å². The number of imidazole rings is 1. The van der Waals surface area contributed by atoms with Crippen LogP contribution in [0, 0.1) is 12.7 Å². The molecule has 0 unspecified atom stereocenters. The van der Waals surface area contributed by atoms with Gasteiger partial charge in [0.15, 0.2) is 11.6 Å². The van der Waals surface area contributed by atoms with Crippen LogP contribution in [0.5, 0.6) is 11.6 Å². The van der Waals surface area contributed by atoms with Gasteiger partial charge >= 0.3 is 0 Å². The van der Waals surface area contributed by atoms with Gasteiger partial charge in [0.1, 0.15) is 5.65 Å². The number of ether oxygens (including phenoxy) is 1. The Balaban J connectivity index is 2.07. The van der Waals surface area contributed by atoms with E-state index in [0.717, 1.165) is 16.9 Å². The summed E-state index contributed by atoms with van der Waals surface area (Å²) in [6.07, 6.45) is 2.50. The van der Waals surface area contributed by atoms with E-state index in [0.29, 0.717) is 18.8 Å². The molecule has 0 atom stereocenters. The highest BCUT2D eigenvalue weighted by molar-refractivity contribution is 5.47. The summed E-state index contributed by atoms with van der Waals surface area (Å²) >= 11 is 0. The lowest BCUT2D eigenvalue weighted by Gasteiger charge is -2.07. The molecule has 0 aliphatic carbocycles. The smallest absolute Gasteiger partial charge is 0.241 e. The van der Waals surface area contributed by atoms with Gasteiger partial charge in [-0.15, -0.1) is 0 Å². The van der Waals surface area contributed by atoms with Gasteiger partial charge in [0.25, 0.3) is 0 Å². The lowest BCUT2D eigenvalue weighted by Crippen LogP contribution is -2.06. The molecular weight excluding hydrogens is 269 g/mol. The molecule has 2 heterocycles. The molecule has 5 heteroatoms. The number of fused-ring (bicyclic) bond motifs is 1. The zero-order valence-corrected chi connectivity index (χ0v) is 11.7. The fourth-order valence-corrected chi connectivity index (χ4v) is 2.26. The largest absolute Gasteiger partial charge is 0.434 e. The van der Waals surface area contributed by atoms with Crippen molar-refractivity contribution in [3.63, 3.8) is 0 Å². The Morgan fingerprint density at radius 1 is 1.29 bits per heavy atom. The van der Waals surface area contributed by atoms with Crippen LogP contribution in [0.15, 0.2) is 42.6 Å². The van der Waals surface area contributed by atoms with Crippen molar-refractivity contribution in [3.05, 3.63) is 59.7 Å². The molecule has 0 amide bonds. The molecule has 0 radical (unpaired) electrons. The highest BCUT2D eigenvalue weighted by atomic mass is 19.1. The number of halogens is 1. The summed E-state index contributed by atoms with van der Waals surface area (Å²) in [6, 6.07) is 10.4. The average molecular weight is 285 g/mol. The molecular formula is C16H16FN3O. The van der Waals surface area contributed by atoms with E-state index in [1.807, 2.05) is 35.7 Å². The van der Waals surface area contributed by atoms with Crippen molar-refractivity contribution in [1.29, 1.82) is 0 Å². The molecule has 108 valence electrons. The number of nitrogens with two attached hydrogens (primary N) is 1. The van der Waals surface area contributed by atoms with Crippen LogP contribution in [0.4, 0.5) is 4.39 Å². The number of benzene rings is 1. The first kappa shape index (κ1) is 13.6. The van der Waals surface area contributed by atoms with Gasteiger partial charge < -0.3 is 14.9 Å². The first-order chi connectivity index (χ1) is 10.2. The predicted molar refractivity (Wildman–Crippen MR) is 79.2 cm³/mol. The molecule has 0 spiro atoms. The van der Waals surface area contributed by atoms with Gasteiger partial charge in [-0.25, -0.2) is 4.39 Å². The zero-order chi connectivity index (χ0) is 14.8. The minimum absolute atomic E-state index is 0.177. The molecule has 0 saturated heterocycles. The van der Waals surface area contributed by atoms with Crippen LogP contribution in [-0.4, -0.2) is 15.9 Å². The molecule has 0 fully saturated rings. The Hall–Kier alpha value is -2.40. The minimum Gasteiger partial charge on any atom is -0.434 e. The summed E-state index contributed by atoms with van der Waals surface area (Å²) < 4.78 is 21.5. The molecule has 0 aliphatic heterocycles. The van der Waals surface area contributed by atoms with E-state index in [2.05, 4.69) is 4.98 Å². The van der Waals surface area contributed by atoms with E-state index in [1.54, 1.807) is 12.1 Å². The van der Waals surface area contributed by atoms with E-state index in [9.17, 15) is 4.39 Å². The molecule has 21 heavy (non-hydrogen) atoms. The Morgan fingerprint density at radius 3 is 2.95 bits per heavy atom.